The van der Waals surface area contributed by atoms with Crippen molar-refractivity contribution in [1.82, 2.24) is 0 Å². The number of esters is 2. The third-order valence-corrected chi connectivity index (χ3v) is 3.67. The van der Waals surface area contributed by atoms with Crippen molar-refractivity contribution < 1.29 is 23.8 Å². The number of aryl methyl sites for hydroxylation is 2. The molecule has 1 aromatic carbocycles. The lowest BCUT2D eigenvalue weighted by atomic mass is 10.0. The second kappa shape index (κ2) is 10.2. The predicted molar refractivity (Wildman–Crippen MR) is 92.4 cm³/mol. The first-order valence-electron chi connectivity index (χ1n) is 8.13. The Balaban J connectivity index is 2.59. The zero-order chi connectivity index (χ0) is 18.1. The number of carbonyl (C=O) groups is 2. The summed E-state index contributed by atoms with van der Waals surface area (Å²) < 4.78 is 15.7. The third-order valence-electron chi connectivity index (χ3n) is 3.45. The minimum absolute atomic E-state index is 0.231. The van der Waals surface area contributed by atoms with Gasteiger partial charge < -0.3 is 14.2 Å². The monoisotopic (exact) mass is 356 g/mol. The van der Waals surface area contributed by atoms with E-state index < -0.39 is 17.9 Å². The van der Waals surface area contributed by atoms with Gasteiger partial charge in [-0.3, -0.25) is 9.59 Å². The Morgan fingerprint density at radius 1 is 1.04 bits per heavy atom. The van der Waals surface area contributed by atoms with Gasteiger partial charge in [-0.05, 0) is 63.8 Å². The summed E-state index contributed by atoms with van der Waals surface area (Å²) in [5, 5.41) is 0.669. The van der Waals surface area contributed by atoms with Crippen LogP contribution in [0.2, 0.25) is 5.02 Å². The van der Waals surface area contributed by atoms with E-state index in [0.717, 1.165) is 16.9 Å². The SMILES string of the molecule is CCOC(=O)C(CCCOc1c(C)cc(Cl)cc1C)C(=O)OCC. The summed E-state index contributed by atoms with van der Waals surface area (Å²) in [5.74, 6) is -1.21. The van der Waals surface area contributed by atoms with Crippen LogP contribution >= 0.6 is 11.6 Å². The van der Waals surface area contributed by atoms with E-state index in [9.17, 15) is 9.59 Å². The van der Waals surface area contributed by atoms with Crippen LogP contribution in [0.15, 0.2) is 12.1 Å². The van der Waals surface area contributed by atoms with Crippen molar-refractivity contribution in [2.45, 2.75) is 40.5 Å². The van der Waals surface area contributed by atoms with Crippen LogP contribution in [-0.2, 0) is 19.1 Å². The summed E-state index contributed by atoms with van der Waals surface area (Å²) in [7, 11) is 0. The number of benzene rings is 1. The first kappa shape index (κ1) is 20.3. The molecule has 0 fully saturated rings. The van der Waals surface area contributed by atoms with Crippen LogP contribution in [0.25, 0.3) is 0 Å². The lowest BCUT2D eigenvalue weighted by Crippen LogP contribution is -2.28. The fraction of sp³-hybridized carbons (Fsp3) is 0.556. The second-order valence-electron chi connectivity index (χ2n) is 5.42. The fourth-order valence-corrected chi connectivity index (χ4v) is 2.73. The Morgan fingerprint density at radius 2 is 1.54 bits per heavy atom. The van der Waals surface area contributed by atoms with Crippen molar-refractivity contribution in [2.24, 2.45) is 5.92 Å². The van der Waals surface area contributed by atoms with Crippen LogP contribution in [0.3, 0.4) is 0 Å². The van der Waals surface area contributed by atoms with E-state index in [1.54, 1.807) is 13.8 Å². The molecule has 0 saturated carbocycles. The second-order valence-corrected chi connectivity index (χ2v) is 5.85. The molecular weight excluding hydrogens is 332 g/mol. The lowest BCUT2D eigenvalue weighted by Gasteiger charge is -2.16. The van der Waals surface area contributed by atoms with E-state index in [0.29, 0.717) is 24.5 Å². The van der Waals surface area contributed by atoms with Gasteiger partial charge in [0.2, 0.25) is 0 Å². The molecule has 0 aromatic heterocycles. The highest BCUT2D eigenvalue weighted by molar-refractivity contribution is 6.30. The topological polar surface area (TPSA) is 61.8 Å². The Labute approximate surface area is 148 Å². The molecule has 0 unspecified atom stereocenters. The molecule has 0 radical (unpaired) electrons. The van der Waals surface area contributed by atoms with Crippen molar-refractivity contribution >= 4 is 23.5 Å². The van der Waals surface area contributed by atoms with Crippen molar-refractivity contribution in [3.8, 4) is 5.75 Å². The first-order chi connectivity index (χ1) is 11.4. The molecule has 0 heterocycles. The Morgan fingerprint density at radius 3 is 2.00 bits per heavy atom. The van der Waals surface area contributed by atoms with Gasteiger partial charge in [-0.15, -0.1) is 0 Å². The van der Waals surface area contributed by atoms with Gasteiger partial charge in [0.05, 0.1) is 19.8 Å². The minimum atomic E-state index is -0.902. The van der Waals surface area contributed by atoms with Gasteiger partial charge in [0, 0.05) is 5.02 Å². The Hall–Kier alpha value is -1.75. The first-order valence-corrected chi connectivity index (χ1v) is 8.51. The summed E-state index contributed by atoms with van der Waals surface area (Å²) in [6.45, 7) is 8.11. The number of hydrogen-bond acceptors (Lipinski definition) is 5. The molecule has 0 atom stereocenters. The third kappa shape index (κ3) is 6.04. The van der Waals surface area contributed by atoms with Gasteiger partial charge in [0.25, 0.3) is 0 Å². The van der Waals surface area contributed by atoms with E-state index in [4.69, 9.17) is 25.8 Å². The molecule has 6 heteroatoms. The lowest BCUT2D eigenvalue weighted by molar-refractivity contribution is -0.162. The van der Waals surface area contributed by atoms with Gasteiger partial charge in [-0.2, -0.15) is 0 Å². The largest absolute Gasteiger partial charge is 0.493 e. The van der Waals surface area contributed by atoms with Crippen LogP contribution in [0.1, 0.15) is 37.8 Å². The van der Waals surface area contributed by atoms with Crippen molar-refractivity contribution in [3.05, 3.63) is 28.3 Å². The van der Waals surface area contributed by atoms with Gasteiger partial charge in [0.15, 0.2) is 5.92 Å². The average molecular weight is 357 g/mol. The predicted octanol–water partition coefficient (Wildman–Crippen LogP) is 3.86. The van der Waals surface area contributed by atoms with E-state index in [-0.39, 0.29) is 13.2 Å². The number of rotatable bonds is 9. The molecule has 24 heavy (non-hydrogen) atoms. The number of carbonyl (C=O) groups excluding carboxylic acids is 2. The van der Waals surface area contributed by atoms with Gasteiger partial charge in [0.1, 0.15) is 5.75 Å². The highest BCUT2D eigenvalue weighted by Gasteiger charge is 2.28. The molecular formula is C18H25ClO5. The van der Waals surface area contributed by atoms with E-state index in [1.165, 1.54) is 0 Å². The zero-order valence-corrected chi connectivity index (χ0v) is 15.4. The molecule has 0 aliphatic carbocycles. The molecule has 5 nitrogen and oxygen atoms in total. The molecule has 0 aliphatic rings. The van der Waals surface area contributed by atoms with Crippen LogP contribution in [-0.4, -0.2) is 31.8 Å². The maximum atomic E-state index is 11.9. The molecule has 0 saturated heterocycles. The van der Waals surface area contributed by atoms with Crippen LogP contribution in [0.5, 0.6) is 5.75 Å². The van der Waals surface area contributed by atoms with Crippen LogP contribution in [0.4, 0.5) is 0 Å². The molecule has 0 spiro atoms. The maximum Gasteiger partial charge on any atom is 0.320 e. The molecule has 1 aromatic rings. The standard InChI is InChI=1S/C18H25ClO5/c1-5-22-17(20)15(18(21)23-6-2)8-7-9-24-16-12(3)10-14(19)11-13(16)4/h10-11,15H,5-9H2,1-4H3. The number of ether oxygens (including phenoxy) is 3. The highest BCUT2D eigenvalue weighted by atomic mass is 35.5. The summed E-state index contributed by atoms with van der Waals surface area (Å²) in [5.41, 5.74) is 1.90. The Bertz CT molecular complexity index is 530. The summed E-state index contributed by atoms with van der Waals surface area (Å²) in [6, 6.07) is 3.67. The number of hydrogen-bond donors (Lipinski definition) is 0. The summed E-state index contributed by atoms with van der Waals surface area (Å²) in [4.78, 5) is 23.8. The van der Waals surface area contributed by atoms with E-state index in [1.807, 2.05) is 26.0 Å². The van der Waals surface area contributed by atoms with Gasteiger partial charge in [-0.25, -0.2) is 0 Å². The summed E-state index contributed by atoms with van der Waals surface area (Å²) in [6.07, 6.45) is 0.854. The van der Waals surface area contributed by atoms with Gasteiger partial charge in [-0.1, -0.05) is 11.6 Å². The van der Waals surface area contributed by atoms with Gasteiger partial charge >= 0.3 is 11.9 Å². The zero-order valence-electron chi connectivity index (χ0n) is 14.7. The molecule has 1 rings (SSSR count). The molecule has 0 N–H and O–H groups in total. The smallest absolute Gasteiger partial charge is 0.320 e. The maximum absolute atomic E-state index is 11.9. The minimum Gasteiger partial charge on any atom is -0.493 e. The van der Waals surface area contributed by atoms with Crippen molar-refractivity contribution in [1.29, 1.82) is 0 Å². The molecule has 0 amide bonds. The quantitative estimate of drug-likeness (QED) is 0.382. The van der Waals surface area contributed by atoms with Crippen LogP contribution in [0, 0.1) is 19.8 Å². The number of halogens is 1. The average Bonchev–Trinajstić information content (AvgIpc) is 2.49. The van der Waals surface area contributed by atoms with Crippen molar-refractivity contribution in [2.75, 3.05) is 19.8 Å². The molecule has 0 aliphatic heterocycles. The normalized spacial score (nSPS) is 10.6. The molecule has 134 valence electrons. The fourth-order valence-electron chi connectivity index (χ4n) is 2.40. The molecule has 0 bridgehead atoms. The van der Waals surface area contributed by atoms with Crippen molar-refractivity contribution in [3.63, 3.8) is 0 Å². The Kier molecular flexibility index (Phi) is 8.61. The van der Waals surface area contributed by atoms with E-state index in [2.05, 4.69) is 0 Å². The summed E-state index contributed by atoms with van der Waals surface area (Å²) >= 11 is 6.00. The van der Waals surface area contributed by atoms with Crippen LogP contribution < -0.4 is 4.74 Å². The highest BCUT2D eigenvalue weighted by Crippen LogP contribution is 2.27. The van der Waals surface area contributed by atoms with E-state index >= 15 is 0 Å².